The first kappa shape index (κ1) is 21.6. The van der Waals surface area contributed by atoms with Crippen LogP contribution in [-0.2, 0) is 14.3 Å². The lowest BCUT2D eigenvalue weighted by atomic mass is 9.79. The highest BCUT2D eigenvalue weighted by Gasteiger charge is 2.40. The predicted octanol–water partition coefficient (Wildman–Crippen LogP) is 3.01. The van der Waals surface area contributed by atoms with Crippen LogP contribution in [0.3, 0.4) is 0 Å². The van der Waals surface area contributed by atoms with Crippen LogP contribution in [0, 0.1) is 27.4 Å². The molecule has 1 aliphatic heterocycles. The number of nitriles is 1. The second-order valence-corrected chi connectivity index (χ2v) is 6.59. The van der Waals surface area contributed by atoms with E-state index in [0.29, 0.717) is 12.1 Å². The highest BCUT2D eigenvalue weighted by molar-refractivity contribution is 5.99. The summed E-state index contributed by atoms with van der Waals surface area (Å²) in [6.07, 6.45) is 0.479. The molecule has 0 spiro atoms. The van der Waals surface area contributed by atoms with Crippen molar-refractivity contribution in [1.82, 2.24) is 5.32 Å². The Morgan fingerprint density at radius 3 is 2.48 bits per heavy atom. The Labute approximate surface area is 167 Å². The SMILES string of the molecule is CCC(C#N)COC(=O)C1=C(C)NC(C)=C(C(=O)O)C1c1ccccc1[N+](=O)[O-]. The van der Waals surface area contributed by atoms with E-state index < -0.39 is 28.7 Å². The molecule has 0 saturated carbocycles. The topological polar surface area (TPSA) is 143 Å². The lowest BCUT2D eigenvalue weighted by molar-refractivity contribution is -0.385. The Bertz CT molecular complexity index is 957. The van der Waals surface area contributed by atoms with Crippen LogP contribution in [0.15, 0.2) is 46.8 Å². The Balaban J connectivity index is 2.60. The van der Waals surface area contributed by atoms with Gasteiger partial charge in [0.25, 0.3) is 5.69 Å². The summed E-state index contributed by atoms with van der Waals surface area (Å²) in [5.74, 6) is -3.82. The average Bonchev–Trinajstić information content (AvgIpc) is 2.67. The fourth-order valence-corrected chi connectivity index (χ4v) is 3.26. The number of aliphatic carboxylic acids is 1. The van der Waals surface area contributed by atoms with Crippen molar-refractivity contribution >= 4 is 17.6 Å². The minimum atomic E-state index is -1.31. The molecule has 2 N–H and O–H groups in total. The van der Waals surface area contributed by atoms with Gasteiger partial charge in [-0.1, -0.05) is 25.1 Å². The Morgan fingerprint density at radius 2 is 1.93 bits per heavy atom. The van der Waals surface area contributed by atoms with Gasteiger partial charge in [0, 0.05) is 23.0 Å². The van der Waals surface area contributed by atoms with E-state index >= 15 is 0 Å². The van der Waals surface area contributed by atoms with E-state index in [-0.39, 0.29) is 34.7 Å². The molecule has 2 rings (SSSR count). The fraction of sp³-hybridized carbons (Fsp3) is 0.350. The maximum atomic E-state index is 12.9. The maximum absolute atomic E-state index is 12.9. The molecule has 0 aromatic heterocycles. The quantitative estimate of drug-likeness (QED) is 0.405. The van der Waals surface area contributed by atoms with Crippen LogP contribution in [-0.4, -0.2) is 28.6 Å². The van der Waals surface area contributed by atoms with Crippen molar-refractivity contribution in [3.05, 3.63) is 62.5 Å². The third kappa shape index (κ3) is 4.43. The molecular weight excluding hydrogens is 378 g/mol. The molecule has 0 radical (unpaired) electrons. The molecule has 2 unspecified atom stereocenters. The van der Waals surface area contributed by atoms with Crippen LogP contribution in [0.4, 0.5) is 5.69 Å². The molecule has 1 aromatic rings. The highest BCUT2D eigenvalue weighted by atomic mass is 16.6. The zero-order valence-corrected chi connectivity index (χ0v) is 16.3. The monoisotopic (exact) mass is 399 g/mol. The molecule has 9 heteroatoms. The second kappa shape index (κ2) is 9.01. The standard InChI is InChI=1S/C20H21N3O6/c1-4-13(9-21)10-29-20(26)17-12(3)22-11(2)16(19(24)25)18(17)14-7-5-6-8-15(14)23(27)28/h5-8,13,18,22H,4,10H2,1-3H3,(H,24,25). The van der Waals surface area contributed by atoms with E-state index in [0.717, 1.165) is 0 Å². The summed E-state index contributed by atoms with van der Waals surface area (Å²) in [5, 5.41) is 33.2. The lowest BCUT2D eigenvalue weighted by Crippen LogP contribution is -2.32. The number of nitrogens with zero attached hydrogens (tertiary/aromatic N) is 2. The first-order chi connectivity index (χ1) is 13.7. The highest BCUT2D eigenvalue weighted by Crippen LogP contribution is 2.42. The molecule has 0 fully saturated rings. The van der Waals surface area contributed by atoms with Crippen LogP contribution in [0.2, 0.25) is 0 Å². The number of carbonyl (C=O) groups is 2. The van der Waals surface area contributed by atoms with Crippen molar-refractivity contribution < 1.29 is 24.4 Å². The smallest absolute Gasteiger partial charge is 0.336 e. The maximum Gasteiger partial charge on any atom is 0.336 e. The third-order valence-electron chi connectivity index (χ3n) is 4.75. The molecule has 152 valence electrons. The summed E-state index contributed by atoms with van der Waals surface area (Å²) in [5.41, 5.74) is 0.185. The van der Waals surface area contributed by atoms with Gasteiger partial charge in [-0.05, 0) is 20.3 Å². The number of carbonyl (C=O) groups excluding carboxylic acids is 1. The van der Waals surface area contributed by atoms with Crippen molar-refractivity contribution in [2.24, 2.45) is 5.92 Å². The minimum absolute atomic E-state index is 0.0323. The van der Waals surface area contributed by atoms with E-state index in [9.17, 15) is 24.8 Å². The zero-order valence-electron chi connectivity index (χ0n) is 16.3. The molecule has 1 heterocycles. The average molecular weight is 399 g/mol. The number of nitro benzene ring substituents is 1. The van der Waals surface area contributed by atoms with E-state index in [1.807, 2.05) is 6.07 Å². The van der Waals surface area contributed by atoms with E-state index in [1.54, 1.807) is 19.9 Å². The number of esters is 1. The summed E-state index contributed by atoms with van der Waals surface area (Å²) in [6.45, 7) is 4.72. The largest absolute Gasteiger partial charge is 0.478 e. The second-order valence-electron chi connectivity index (χ2n) is 6.59. The number of allylic oxidation sites excluding steroid dienone is 2. The summed E-state index contributed by atoms with van der Waals surface area (Å²) >= 11 is 0. The fourth-order valence-electron chi connectivity index (χ4n) is 3.26. The number of nitro groups is 1. The Morgan fingerprint density at radius 1 is 1.31 bits per heavy atom. The predicted molar refractivity (Wildman–Crippen MR) is 102 cm³/mol. The Hall–Kier alpha value is -3.67. The summed E-state index contributed by atoms with van der Waals surface area (Å²) in [4.78, 5) is 35.8. The number of ether oxygens (including phenoxy) is 1. The van der Waals surface area contributed by atoms with Gasteiger partial charge in [0.15, 0.2) is 0 Å². The number of rotatable bonds is 7. The molecule has 0 amide bonds. The molecule has 0 bridgehead atoms. The molecule has 2 atom stereocenters. The molecule has 0 saturated heterocycles. The number of hydrogen-bond acceptors (Lipinski definition) is 7. The van der Waals surface area contributed by atoms with Crippen LogP contribution < -0.4 is 5.32 Å². The third-order valence-corrected chi connectivity index (χ3v) is 4.75. The lowest BCUT2D eigenvalue weighted by Gasteiger charge is -2.29. The summed E-state index contributed by atoms with van der Waals surface area (Å²) in [7, 11) is 0. The molecule has 29 heavy (non-hydrogen) atoms. The van der Waals surface area contributed by atoms with Gasteiger partial charge in [-0.25, -0.2) is 9.59 Å². The van der Waals surface area contributed by atoms with Gasteiger partial charge in [-0.15, -0.1) is 0 Å². The minimum Gasteiger partial charge on any atom is -0.478 e. The van der Waals surface area contributed by atoms with Crippen molar-refractivity contribution in [2.75, 3.05) is 6.61 Å². The number of benzene rings is 1. The van der Waals surface area contributed by atoms with Crippen LogP contribution >= 0.6 is 0 Å². The number of carboxylic acid groups (broad SMARTS) is 1. The molecule has 9 nitrogen and oxygen atoms in total. The van der Waals surface area contributed by atoms with Gasteiger partial charge in [0.1, 0.15) is 6.61 Å². The van der Waals surface area contributed by atoms with Crippen molar-refractivity contribution in [1.29, 1.82) is 5.26 Å². The van der Waals surface area contributed by atoms with Crippen LogP contribution in [0.5, 0.6) is 0 Å². The summed E-state index contributed by atoms with van der Waals surface area (Å²) in [6, 6.07) is 7.71. The van der Waals surface area contributed by atoms with Gasteiger partial charge in [-0.2, -0.15) is 5.26 Å². The first-order valence-corrected chi connectivity index (χ1v) is 8.94. The number of dihydropyridines is 1. The van der Waals surface area contributed by atoms with E-state index in [2.05, 4.69) is 5.32 Å². The summed E-state index contributed by atoms with van der Waals surface area (Å²) < 4.78 is 5.27. The zero-order chi connectivity index (χ0) is 21.7. The van der Waals surface area contributed by atoms with E-state index in [4.69, 9.17) is 10.00 Å². The molecular formula is C20H21N3O6. The van der Waals surface area contributed by atoms with Crippen LogP contribution in [0.25, 0.3) is 0 Å². The van der Waals surface area contributed by atoms with Crippen molar-refractivity contribution in [2.45, 2.75) is 33.1 Å². The number of carboxylic acids is 1. The van der Waals surface area contributed by atoms with Gasteiger partial charge in [-0.3, -0.25) is 10.1 Å². The van der Waals surface area contributed by atoms with Crippen molar-refractivity contribution in [3.8, 4) is 6.07 Å². The van der Waals surface area contributed by atoms with Crippen molar-refractivity contribution in [3.63, 3.8) is 0 Å². The number of nitrogens with one attached hydrogen (secondary N) is 1. The normalized spacial score (nSPS) is 17.2. The molecule has 0 aliphatic carbocycles. The Kier molecular flexibility index (Phi) is 6.72. The van der Waals surface area contributed by atoms with Gasteiger partial charge >= 0.3 is 11.9 Å². The molecule has 1 aromatic carbocycles. The van der Waals surface area contributed by atoms with Gasteiger partial charge in [0.2, 0.25) is 0 Å². The van der Waals surface area contributed by atoms with Gasteiger partial charge in [0.05, 0.1) is 34.0 Å². The van der Waals surface area contributed by atoms with Crippen LogP contribution in [0.1, 0.15) is 38.7 Å². The van der Waals surface area contributed by atoms with E-state index in [1.165, 1.54) is 25.1 Å². The first-order valence-electron chi connectivity index (χ1n) is 8.94. The number of hydrogen-bond donors (Lipinski definition) is 2. The molecule has 1 aliphatic rings. The number of para-hydroxylation sites is 1. The van der Waals surface area contributed by atoms with Gasteiger partial charge < -0.3 is 15.2 Å².